The molecule has 3 aromatic carbocycles. The van der Waals surface area contributed by atoms with Gasteiger partial charge in [0.25, 0.3) is 0 Å². The summed E-state index contributed by atoms with van der Waals surface area (Å²) in [5.74, 6) is 1.39. The smallest absolute Gasteiger partial charge is 0.416 e. The van der Waals surface area contributed by atoms with Crippen molar-refractivity contribution >= 4 is 12.4 Å². The molecule has 1 heterocycles. The van der Waals surface area contributed by atoms with Crippen molar-refractivity contribution in [2.75, 3.05) is 20.2 Å². The lowest BCUT2D eigenvalue weighted by atomic mass is 9.80. The topological polar surface area (TPSA) is 21.7 Å². The van der Waals surface area contributed by atoms with E-state index in [0.29, 0.717) is 13.0 Å². The van der Waals surface area contributed by atoms with Gasteiger partial charge >= 0.3 is 6.18 Å². The van der Waals surface area contributed by atoms with Crippen LogP contribution < -0.4 is 9.47 Å². The summed E-state index contributed by atoms with van der Waals surface area (Å²) < 4.78 is 51.2. The maximum Gasteiger partial charge on any atom is 0.416 e. The molecule has 0 aliphatic carbocycles. The van der Waals surface area contributed by atoms with E-state index in [1.54, 1.807) is 12.1 Å². The predicted octanol–water partition coefficient (Wildman–Crippen LogP) is 7.33. The highest BCUT2D eigenvalue weighted by Gasteiger charge is 2.36. The summed E-state index contributed by atoms with van der Waals surface area (Å²) >= 11 is 0. The van der Waals surface area contributed by atoms with Crippen LogP contribution in [0.3, 0.4) is 0 Å². The largest absolute Gasteiger partial charge is 0.492 e. The molecule has 0 fully saturated rings. The SMILES string of the molecule is CN(CCOc1ccc2c(c1)OC(C)(C)CC2c1ccc(C(F)(F)F)cc1)Cc1ccccc1.Cl. The molecule has 1 atom stereocenters. The number of alkyl halides is 3. The average molecular weight is 506 g/mol. The van der Waals surface area contributed by atoms with Crippen molar-refractivity contribution in [3.05, 3.63) is 95.1 Å². The Morgan fingerprint density at radius 1 is 1.00 bits per heavy atom. The number of ether oxygens (including phenoxy) is 2. The zero-order chi connectivity index (χ0) is 24.3. The Bertz CT molecular complexity index is 1100. The first-order chi connectivity index (χ1) is 16.1. The minimum atomic E-state index is -4.34. The van der Waals surface area contributed by atoms with Gasteiger partial charge < -0.3 is 9.47 Å². The van der Waals surface area contributed by atoms with Crippen molar-refractivity contribution in [3.63, 3.8) is 0 Å². The fraction of sp³-hybridized carbons (Fsp3) is 0.357. The molecule has 4 rings (SSSR count). The third kappa shape index (κ3) is 6.92. The molecule has 1 aliphatic heterocycles. The van der Waals surface area contributed by atoms with Crippen LogP contribution in [0, 0.1) is 0 Å². The highest BCUT2D eigenvalue weighted by atomic mass is 35.5. The van der Waals surface area contributed by atoms with Crippen LogP contribution in [0.1, 0.15) is 48.4 Å². The van der Waals surface area contributed by atoms with Crippen LogP contribution in [0.4, 0.5) is 13.2 Å². The maximum atomic E-state index is 13.0. The van der Waals surface area contributed by atoms with Crippen LogP contribution >= 0.6 is 12.4 Å². The molecule has 0 saturated heterocycles. The molecule has 0 aromatic heterocycles. The number of hydrogen-bond donors (Lipinski definition) is 0. The number of likely N-dealkylation sites (N-methyl/N-ethyl adjacent to an activating group) is 1. The quantitative estimate of drug-likeness (QED) is 0.335. The van der Waals surface area contributed by atoms with Crippen molar-refractivity contribution in [2.24, 2.45) is 0 Å². The molecular formula is C28H31ClF3NO2. The van der Waals surface area contributed by atoms with Crippen molar-refractivity contribution < 1.29 is 22.6 Å². The summed E-state index contributed by atoms with van der Waals surface area (Å²) in [6, 6.07) is 21.5. The summed E-state index contributed by atoms with van der Waals surface area (Å²) in [4.78, 5) is 2.20. The van der Waals surface area contributed by atoms with Crippen molar-refractivity contribution in [1.29, 1.82) is 0 Å². The van der Waals surface area contributed by atoms with E-state index in [2.05, 4.69) is 24.1 Å². The first-order valence-corrected chi connectivity index (χ1v) is 11.5. The van der Waals surface area contributed by atoms with Crippen molar-refractivity contribution in [3.8, 4) is 11.5 Å². The molecular weight excluding hydrogens is 475 g/mol. The molecule has 35 heavy (non-hydrogen) atoms. The van der Waals surface area contributed by atoms with E-state index in [1.807, 2.05) is 50.2 Å². The predicted molar refractivity (Wildman–Crippen MR) is 135 cm³/mol. The highest BCUT2D eigenvalue weighted by molar-refractivity contribution is 5.85. The molecule has 1 unspecified atom stereocenters. The lowest BCUT2D eigenvalue weighted by Crippen LogP contribution is -2.35. The van der Waals surface area contributed by atoms with Gasteiger partial charge in [0.05, 0.1) is 5.56 Å². The Hall–Kier alpha value is -2.70. The Morgan fingerprint density at radius 2 is 1.69 bits per heavy atom. The number of hydrogen-bond acceptors (Lipinski definition) is 3. The zero-order valence-corrected chi connectivity index (χ0v) is 21.0. The molecule has 0 spiro atoms. The van der Waals surface area contributed by atoms with E-state index >= 15 is 0 Å². The summed E-state index contributed by atoms with van der Waals surface area (Å²) in [6.45, 7) is 6.15. The second-order valence-corrected chi connectivity index (χ2v) is 9.51. The van der Waals surface area contributed by atoms with E-state index in [1.165, 1.54) is 5.56 Å². The van der Waals surface area contributed by atoms with Gasteiger partial charge in [0.15, 0.2) is 0 Å². The molecule has 3 aromatic rings. The normalized spacial score (nSPS) is 16.7. The fourth-order valence-electron chi connectivity index (χ4n) is 4.42. The number of halogens is 4. The third-order valence-corrected chi connectivity index (χ3v) is 6.12. The summed E-state index contributed by atoms with van der Waals surface area (Å²) in [6.07, 6.45) is -3.66. The monoisotopic (exact) mass is 505 g/mol. The van der Waals surface area contributed by atoms with E-state index in [9.17, 15) is 13.2 Å². The van der Waals surface area contributed by atoms with Crippen LogP contribution in [0.5, 0.6) is 11.5 Å². The molecule has 0 bridgehead atoms. The van der Waals surface area contributed by atoms with Gasteiger partial charge in [-0.05, 0) is 56.6 Å². The average Bonchev–Trinajstić information content (AvgIpc) is 2.78. The van der Waals surface area contributed by atoms with Crippen LogP contribution in [-0.2, 0) is 12.7 Å². The molecule has 3 nitrogen and oxygen atoms in total. The van der Waals surface area contributed by atoms with Gasteiger partial charge in [-0.25, -0.2) is 0 Å². The second-order valence-electron chi connectivity index (χ2n) is 9.51. The fourth-order valence-corrected chi connectivity index (χ4v) is 4.42. The summed E-state index contributed by atoms with van der Waals surface area (Å²) in [7, 11) is 2.06. The van der Waals surface area contributed by atoms with E-state index in [4.69, 9.17) is 9.47 Å². The molecule has 7 heteroatoms. The third-order valence-electron chi connectivity index (χ3n) is 6.12. The standard InChI is InChI=1S/C28H30F3NO2.ClH/c1-27(2)18-25(21-9-11-22(12-10-21)28(29,30)31)24-14-13-23(17-26(24)34-27)33-16-15-32(3)19-20-7-5-4-6-8-20;/h4-14,17,25H,15-16,18-19H2,1-3H3;1H. The van der Waals surface area contributed by atoms with Gasteiger partial charge in [0, 0.05) is 30.6 Å². The van der Waals surface area contributed by atoms with Crippen LogP contribution in [0.15, 0.2) is 72.8 Å². The van der Waals surface area contributed by atoms with E-state index in [0.717, 1.165) is 47.8 Å². The summed E-state index contributed by atoms with van der Waals surface area (Å²) in [5, 5.41) is 0. The van der Waals surface area contributed by atoms with Gasteiger partial charge in [-0.2, -0.15) is 13.2 Å². The first-order valence-electron chi connectivity index (χ1n) is 11.5. The number of benzene rings is 3. The van der Waals surface area contributed by atoms with Crippen molar-refractivity contribution in [1.82, 2.24) is 4.90 Å². The van der Waals surface area contributed by atoms with Crippen LogP contribution in [0.25, 0.3) is 0 Å². The zero-order valence-electron chi connectivity index (χ0n) is 20.1. The second kappa shape index (κ2) is 10.9. The Kier molecular flexibility index (Phi) is 8.39. The van der Waals surface area contributed by atoms with Gasteiger partial charge in [0.2, 0.25) is 0 Å². The number of fused-ring (bicyclic) bond motifs is 1. The van der Waals surface area contributed by atoms with E-state index < -0.39 is 17.3 Å². The van der Waals surface area contributed by atoms with Gasteiger partial charge in [-0.1, -0.05) is 48.5 Å². The Balaban J connectivity index is 0.00000342. The van der Waals surface area contributed by atoms with Crippen LogP contribution in [-0.4, -0.2) is 30.7 Å². The molecule has 1 aliphatic rings. The van der Waals surface area contributed by atoms with Gasteiger partial charge in [-0.3, -0.25) is 4.90 Å². The maximum absolute atomic E-state index is 13.0. The molecule has 0 amide bonds. The first kappa shape index (κ1) is 26.9. The number of rotatable bonds is 7. The molecule has 188 valence electrons. The van der Waals surface area contributed by atoms with Gasteiger partial charge in [0.1, 0.15) is 23.7 Å². The molecule has 0 radical (unpaired) electrons. The lowest BCUT2D eigenvalue weighted by molar-refractivity contribution is -0.137. The summed E-state index contributed by atoms with van der Waals surface area (Å²) in [5.41, 5.74) is 1.98. The van der Waals surface area contributed by atoms with Gasteiger partial charge in [-0.15, -0.1) is 12.4 Å². The minimum absolute atomic E-state index is 0. The highest BCUT2D eigenvalue weighted by Crippen LogP contribution is 2.45. The molecule has 0 saturated carbocycles. The van der Waals surface area contributed by atoms with E-state index in [-0.39, 0.29) is 18.3 Å². The minimum Gasteiger partial charge on any atom is -0.492 e. The number of nitrogens with zero attached hydrogens (tertiary/aromatic N) is 1. The van der Waals surface area contributed by atoms with Crippen molar-refractivity contribution in [2.45, 2.75) is 44.5 Å². The molecule has 0 N–H and O–H groups in total. The Labute approximate surface area is 211 Å². The Morgan fingerprint density at radius 3 is 2.34 bits per heavy atom. The van der Waals surface area contributed by atoms with Crippen LogP contribution in [0.2, 0.25) is 0 Å². The lowest BCUT2D eigenvalue weighted by Gasteiger charge is -2.38.